The largest absolute Gasteiger partial charge is 0.322 e. The molecule has 0 radical (unpaired) electrons. The first-order valence-corrected chi connectivity index (χ1v) is 11.5. The van der Waals surface area contributed by atoms with Crippen molar-refractivity contribution in [1.29, 1.82) is 0 Å². The predicted molar refractivity (Wildman–Crippen MR) is 135 cm³/mol. The van der Waals surface area contributed by atoms with Gasteiger partial charge in [0.1, 0.15) is 0 Å². The summed E-state index contributed by atoms with van der Waals surface area (Å²) < 4.78 is 0. The summed E-state index contributed by atoms with van der Waals surface area (Å²) in [6, 6.07) is 26.2. The zero-order valence-corrected chi connectivity index (χ0v) is 19.1. The van der Waals surface area contributed by atoms with E-state index in [4.69, 9.17) is 11.6 Å². The van der Waals surface area contributed by atoms with Crippen LogP contribution in [0, 0.1) is 0 Å². The third-order valence-corrected chi connectivity index (χ3v) is 6.17. The molecule has 1 aliphatic rings. The summed E-state index contributed by atoms with van der Waals surface area (Å²) in [5.41, 5.74) is 5.73. The lowest BCUT2D eigenvalue weighted by Gasteiger charge is -2.17. The second-order valence-corrected chi connectivity index (χ2v) is 8.58. The molecule has 6 heteroatoms. The van der Waals surface area contributed by atoms with Crippen molar-refractivity contribution in [2.75, 3.05) is 16.8 Å². The minimum atomic E-state index is -0.188. The van der Waals surface area contributed by atoms with E-state index in [1.54, 1.807) is 11.1 Å². The van der Waals surface area contributed by atoms with Gasteiger partial charge in [-0.15, -0.1) is 0 Å². The van der Waals surface area contributed by atoms with E-state index in [2.05, 4.69) is 10.3 Å². The van der Waals surface area contributed by atoms with Crippen molar-refractivity contribution >= 4 is 34.8 Å². The summed E-state index contributed by atoms with van der Waals surface area (Å²) in [4.78, 5) is 32.0. The van der Waals surface area contributed by atoms with E-state index in [1.165, 1.54) is 0 Å². The van der Waals surface area contributed by atoms with Crippen LogP contribution in [0.3, 0.4) is 0 Å². The van der Waals surface area contributed by atoms with Gasteiger partial charge in [0.2, 0.25) is 5.91 Å². The highest BCUT2D eigenvalue weighted by atomic mass is 35.5. The Bertz CT molecular complexity index is 1350. The molecule has 0 saturated heterocycles. The maximum atomic E-state index is 13.1. The van der Waals surface area contributed by atoms with Crippen LogP contribution in [-0.2, 0) is 17.6 Å². The first-order chi connectivity index (χ1) is 16.6. The van der Waals surface area contributed by atoms with Gasteiger partial charge in [0.25, 0.3) is 5.91 Å². The maximum Gasteiger partial charge on any atom is 0.256 e. The number of benzene rings is 3. The number of carbonyl (C=O) groups excluding carboxylic acids is 2. The molecule has 5 nitrogen and oxygen atoms in total. The molecule has 1 aromatic heterocycles. The first kappa shape index (κ1) is 21.9. The van der Waals surface area contributed by atoms with Crippen molar-refractivity contribution in [2.24, 2.45) is 0 Å². The number of carbonyl (C=O) groups is 2. The molecule has 5 rings (SSSR count). The lowest BCUT2D eigenvalue weighted by molar-refractivity contribution is -0.117. The van der Waals surface area contributed by atoms with Crippen LogP contribution in [-0.4, -0.2) is 23.3 Å². The number of hydrogen-bond donors (Lipinski definition) is 1. The Morgan fingerprint density at radius 2 is 1.74 bits per heavy atom. The van der Waals surface area contributed by atoms with Crippen molar-refractivity contribution in [3.63, 3.8) is 0 Å². The molecule has 1 aliphatic heterocycles. The van der Waals surface area contributed by atoms with E-state index < -0.39 is 0 Å². The molecular formula is C28H22ClN3O2. The highest BCUT2D eigenvalue weighted by molar-refractivity contribution is 6.30. The number of nitrogens with zero attached hydrogens (tertiary/aromatic N) is 2. The topological polar surface area (TPSA) is 62.3 Å². The van der Waals surface area contributed by atoms with Gasteiger partial charge in [-0.05, 0) is 71.6 Å². The van der Waals surface area contributed by atoms with Gasteiger partial charge in [0.15, 0.2) is 0 Å². The quantitative estimate of drug-likeness (QED) is 0.404. The van der Waals surface area contributed by atoms with Gasteiger partial charge < -0.3 is 10.2 Å². The molecule has 0 unspecified atom stereocenters. The molecule has 0 bridgehead atoms. The minimum absolute atomic E-state index is 0.0196. The Balaban J connectivity index is 1.33. The fraction of sp³-hybridized carbons (Fsp3) is 0.107. The predicted octanol–water partition coefficient (Wildman–Crippen LogP) is 5.79. The SMILES string of the molecule is O=C(Nc1ccc2c(c1)CCN2C(=O)Cc1ccccn1)c1ccccc1-c1ccc(Cl)cc1. The first-order valence-electron chi connectivity index (χ1n) is 11.1. The molecule has 0 fully saturated rings. The molecule has 0 atom stereocenters. The fourth-order valence-corrected chi connectivity index (χ4v) is 4.38. The van der Waals surface area contributed by atoms with Crippen LogP contribution in [0.2, 0.25) is 5.02 Å². The summed E-state index contributed by atoms with van der Waals surface area (Å²) in [5.74, 6) is -0.169. The molecule has 0 aliphatic carbocycles. The zero-order valence-electron chi connectivity index (χ0n) is 18.4. The van der Waals surface area contributed by atoms with E-state index in [-0.39, 0.29) is 18.2 Å². The van der Waals surface area contributed by atoms with E-state index in [0.717, 1.165) is 34.5 Å². The molecule has 168 valence electrons. The highest BCUT2D eigenvalue weighted by Crippen LogP contribution is 2.32. The maximum absolute atomic E-state index is 13.1. The number of nitrogens with one attached hydrogen (secondary N) is 1. The van der Waals surface area contributed by atoms with Gasteiger partial charge >= 0.3 is 0 Å². The number of hydrogen-bond acceptors (Lipinski definition) is 3. The van der Waals surface area contributed by atoms with Gasteiger partial charge in [-0.25, -0.2) is 0 Å². The number of pyridine rings is 1. The Hall–Kier alpha value is -3.96. The third kappa shape index (κ3) is 4.56. The summed E-state index contributed by atoms with van der Waals surface area (Å²) in [6.07, 6.45) is 2.70. The van der Waals surface area contributed by atoms with Crippen LogP contribution < -0.4 is 10.2 Å². The number of fused-ring (bicyclic) bond motifs is 1. The lowest BCUT2D eigenvalue weighted by Crippen LogP contribution is -2.30. The summed E-state index contributed by atoms with van der Waals surface area (Å²) in [6.45, 7) is 0.623. The zero-order chi connectivity index (χ0) is 23.5. The second kappa shape index (κ2) is 9.49. The van der Waals surface area contributed by atoms with Crippen molar-refractivity contribution in [3.05, 3.63) is 113 Å². The number of amides is 2. The summed E-state index contributed by atoms with van der Waals surface area (Å²) in [7, 11) is 0. The van der Waals surface area contributed by atoms with Crippen LogP contribution in [0.1, 0.15) is 21.6 Å². The van der Waals surface area contributed by atoms with Gasteiger partial charge in [-0.3, -0.25) is 14.6 Å². The molecule has 2 amide bonds. The smallest absolute Gasteiger partial charge is 0.256 e. The fourth-order valence-electron chi connectivity index (χ4n) is 4.25. The summed E-state index contributed by atoms with van der Waals surface area (Å²) >= 11 is 6.02. The number of halogens is 1. The second-order valence-electron chi connectivity index (χ2n) is 8.14. The Morgan fingerprint density at radius 3 is 2.53 bits per heavy atom. The number of rotatable bonds is 5. The standard InChI is InChI=1S/C28H22ClN3O2/c29-21-10-8-19(9-11-21)24-6-1-2-7-25(24)28(34)31-23-12-13-26-20(17-23)14-16-32(26)27(33)18-22-5-3-4-15-30-22/h1-13,15,17H,14,16,18H2,(H,31,34). The average molecular weight is 468 g/mol. The number of anilines is 2. The molecule has 2 heterocycles. The van der Waals surface area contributed by atoms with Crippen molar-refractivity contribution in [1.82, 2.24) is 4.98 Å². The van der Waals surface area contributed by atoms with Crippen molar-refractivity contribution in [2.45, 2.75) is 12.8 Å². The molecule has 3 aromatic carbocycles. The highest BCUT2D eigenvalue weighted by Gasteiger charge is 2.25. The van der Waals surface area contributed by atoms with Crippen LogP contribution in [0.25, 0.3) is 11.1 Å². The van der Waals surface area contributed by atoms with Crippen LogP contribution in [0.5, 0.6) is 0 Å². The molecule has 1 N–H and O–H groups in total. The Morgan fingerprint density at radius 1 is 0.941 bits per heavy atom. The van der Waals surface area contributed by atoms with Crippen molar-refractivity contribution in [3.8, 4) is 11.1 Å². The molecular weight excluding hydrogens is 446 g/mol. The van der Waals surface area contributed by atoms with Gasteiger partial charge in [0, 0.05) is 40.4 Å². The van der Waals surface area contributed by atoms with Gasteiger partial charge in [-0.1, -0.05) is 48.0 Å². The molecule has 34 heavy (non-hydrogen) atoms. The van der Waals surface area contributed by atoms with Crippen LogP contribution >= 0.6 is 11.6 Å². The van der Waals surface area contributed by atoms with Gasteiger partial charge in [0.05, 0.1) is 6.42 Å². The van der Waals surface area contributed by atoms with Gasteiger partial charge in [-0.2, -0.15) is 0 Å². The minimum Gasteiger partial charge on any atom is -0.322 e. The third-order valence-electron chi connectivity index (χ3n) is 5.92. The van der Waals surface area contributed by atoms with Crippen LogP contribution in [0.15, 0.2) is 91.1 Å². The monoisotopic (exact) mass is 467 g/mol. The molecule has 0 saturated carbocycles. The average Bonchev–Trinajstić information content (AvgIpc) is 3.29. The summed E-state index contributed by atoms with van der Waals surface area (Å²) in [5, 5.41) is 3.66. The normalized spacial score (nSPS) is 12.3. The van der Waals surface area contributed by atoms with E-state index in [1.807, 2.05) is 84.9 Å². The molecule has 0 spiro atoms. The Labute approximate surface area is 203 Å². The number of aromatic nitrogens is 1. The van der Waals surface area contributed by atoms with E-state index >= 15 is 0 Å². The van der Waals surface area contributed by atoms with E-state index in [9.17, 15) is 9.59 Å². The Kier molecular flexibility index (Phi) is 6.11. The van der Waals surface area contributed by atoms with Crippen molar-refractivity contribution < 1.29 is 9.59 Å². The van der Waals surface area contributed by atoms with Crippen LogP contribution in [0.4, 0.5) is 11.4 Å². The lowest BCUT2D eigenvalue weighted by atomic mass is 9.99. The molecule has 4 aromatic rings. The van der Waals surface area contributed by atoms with E-state index in [0.29, 0.717) is 22.8 Å².